The van der Waals surface area contributed by atoms with Crippen molar-refractivity contribution in [2.75, 3.05) is 13.2 Å². The molecule has 0 spiro atoms. The summed E-state index contributed by atoms with van der Waals surface area (Å²) in [5.41, 5.74) is 6.44. The third-order valence-corrected chi connectivity index (χ3v) is 3.45. The molecule has 1 heterocycles. The maximum Gasteiger partial charge on any atom is 0.126 e. The molecular weight excluding hydrogens is 293 g/mol. The smallest absolute Gasteiger partial charge is 0.126 e. The van der Waals surface area contributed by atoms with Crippen LogP contribution in [0.3, 0.4) is 0 Å². The summed E-state index contributed by atoms with van der Waals surface area (Å²) in [5.74, 6) is 0.799. The molecule has 1 aliphatic heterocycles. The van der Waals surface area contributed by atoms with Crippen LogP contribution in [0.25, 0.3) is 0 Å². The summed E-state index contributed by atoms with van der Waals surface area (Å²) >= 11 is 2.20. The molecule has 0 aromatic heterocycles. The highest BCUT2D eigenvalue weighted by molar-refractivity contribution is 14.1. The molecular formula is C10H12INO2. The van der Waals surface area contributed by atoms with Crippen LogP contribution in [0.1, 0.15) is 11.7 Å². The molecule has 3 nitrogen and oxygen atoms in total. The molecule has 2 atom stereocenters. The minimum absolute atomic E-state index is 0.0124. The molecule has 0 fully saturated rings. The molecule has 0 saturated heterocycles. The molecule has 3 N–H and O–H groups in total. The number of hydrogen-bond acceptors (Lipinski definition) is 3. The number of nitrogens with two attached hydrogens (primary N) is 1. The summed E-state index contributed by atoms with van der Waals surface area (Å²) in [7, 11) is 0. The van der Waals surface area contributed by atoms with Crippen molar-refractivity contribution in [2.45, 2.75) is 6.10 Å². The van der Waals surface area contributed by atoms with Gasteiger partial charge in [0.1, 0.15) is 5.75 Å². The van der Waals surface area contributed by atoms with Crippen molar-refractivity contribution in [2.24, 2.45) is 11.7 Å². The summed E-state index contributed by atoms with van der Waals surface area (Å²) < 4.78 is 6.57. The van der Waals surface area contributed by atoms with Crippen molar-refractivity contribution >= 4 is 22.6 Å². The molecule has 0 aliphatic carbocycles. The molecule has 14 heavy (non-hydrogen) atoms. The van der Waals surface area contributed by atoms with Crippen LogP contribution in [-0.4, -0.2) is 18.3 Å². The average Bonchev–Trinajstić information content (AvgIpc) is 2.18. The number of hydrogen-bond donors (Lipinski definition) is 2. The van der Waals surface area contributed by atoms with Crippen LogP contribution < -0.4 is 10.5 Å². The predicted octanol–water partition coefficient (Wildman–Crippen LogP) is 1.29. The monoisotopic (exact) mass is 305 g/mol. The van der Waals surface area contributed by atoms with Gasteiger partial charge in [-0.25, -0.2) is 0 Å². The van der Waals surface area contributed by atoms with Gasteiger partial charge in [0.05, 0.1) is 12.7 Å². The second-order valence-corrected chi connectivity index (χ2v) is 4.57. The van der Waals surface area contributed by atoms with Crippen molar-refractivity contribution in [3.8, 4) is 5.75 Å². The van der Waals surface area contributed by atoms with E-state index in [1.165, 1.54) is 0 Å². The van der Waals surface area contributed by atoms with Gasteiger partial charge in [0.2, 0.25) is 0 Å². The first-order valence-electron chi connectivity index (χ1n) is 4.53. The van der Waals surface area contributed by atoms with Gasteiger partial charge >= 0.3 is 0 Å². The molecule has 2 rings (SSSR count). The largest absolute Gasteiger partial charge is 0.493 e. The van der Waals surface area contributed by atoms with E-state index in [-0.39, 0.29) is 5.92 Å². The molecule has 76 valence electrons. The lowest BCUT2D eigenvalue weighted by atomic mass is 9.93. The van der Waals surface area contributed by atoms with Crippen molar-refractivity contribution in [3.63, 3.8) is 0 Å². The normalized spacial score (nSPS) is 25.4. The Bertz CT molecular complexity index is 343. The highest BCUT2D eigenvalue weighted by Crippen LogP contribution is 2.37. The quantitative estimate of drug-likeness (QED) is 0.769. The Morgan fingerprint density at radius 2 is 2.36 bits per heavy atom. The number of aliphatic hydroxyl groups excluding tert-OH is 1. The summed E-state index contributed by atoms with van der Waals surface area (Å²) in [6.07, 6.45) is -0.489. The van der Waals surface area contributed by atoms with Gasteiger partial charge < -0.3 is 15.6 Å². The molecule has 1 aromatic carbocycles. The second-order valence-electron chi connectivity index (χ2n) is 3.40. The summed E-state index contributed by atoms with van der Waals surface area (Å²) in [6.45, 7) is 0.955. The van der Waals surface area contributed by atoms with E-state index in [2.05, 4.69) is 22.6 Å². The van der Waals surface area contributed by atoms with Crippen molar-refractivity contribution < 1.29 is 9.84 Å². The van der Waals surface area contributed by atoms with Gasteiger partial charge in [-0.3, -0.25) is 0 Å². The minimum atomic E-state index is -0.489. The first kappa shape index (κ1) is 10.2. The fourth-order valence-electron chi connectivity index (χ4n) is 1.65. The van der Waals surface area contributed by atoms with Crippen LogP contribution in [-0.2, 0) is 0 Å². The zero-order valence-electron chi connectivity index (χ0n) is 7.61. The number of rotatable bonds is 1. The first-order valence-corrected chi connectivity index (χ1v) is 5.61. The summed E-state index contributed by atoms with van der Waals surface area (Å²) in [6, 6.07) is 5.77. The molecule has 0 radical (unpaired) electrons. The van der Waals surface area contributed by atoms with E-state index in [4.69, 9.17) is 10.5 Å². The van der Waals surface area contributed by atoms with Crippen LogP contribution in [0, 0.1) is 9.49 Å². The maximum atomic E-state index is 10.0. The first-order chi connectivity index (χ1) is 6.74. The van der Waals surface area contributed by atoms with Gasteiger partial charge in [0.15, 0.2) is 0 Å². The van der Waals surface area contributed by atoms with Gasteiger partial charge in [-0.1, -0.05) is 6.07 Å². The summed E-state index contributed by atoms with van der Waals surface area (Å²) in [4.78, 5) is 0. The fourth-order valence-corrected chi connectivity index (χ4v) is 2.44. The van der Waals surface area contributed by atoms with Crippen molar-refractivity contribution in [3.05, 3.63) is 27.3 Å². The lowest BCUT2D eigenvalue weighted by molar-refractivity contribution is 0.0544. The fraction of sp³-hybridized carbons (Fsp3) is 0.400. The van der Waals surface area contributed by atoms with Crippen LogP contribution in [0.4, 0.5) is 0 Å². The van der Waals surface area contributed by atoms with Gasteiger partial charge in [-0.05, 0) is 34.7 Å². The highest BCUT2D eigenvalue weighted by atomic mass is 127. The van der Waals surface area contributed by atoms with E-state index >= 15 is 0 Å². The molecule has 0 amide bonds. The van der Waals surface area contributed by atoms with Crippen molar-refractivity contribution in [1.82, 2.24) is 0 Å². The Hall–Kier alpha value is -0.330. The van der Waals surface area contributed by atoms with Crippen LogP contribution >= 0.6 is 22.6 Å². The highest BCUT2D eigenvalue weighted by Gasteiger charge is 2.29. The zero-order valence-corrected chi connectivity index (χ0v) is 9.77. The Morgan fingerprint density at radius 3 is 3.07 bits per heavy atom. The Morgan fingerprint density at radius 1 is 1.57 bits per heavy atom. The number of fused-ring (bicyclic) bond motifs is 1. The Labute approximate surface area is 96.4 Å². The van der Waals surface area contributed by atoms with Crippen LogP contribution in [0.5, 0.6) is 5.75 Å². The van der Waals surface area contributed by atoms with E-state index < -0.39 is 6.10 Å². The lowest BCUT2D eigenvalue weighted by Crippen LogP contribution is -2.32. The van der Waals surface area contributed by atoms with E-state index in [1.54, 1.807) is 0 Å². The lowest BCUT2D eigenvalue weighted by Gasteiger charge is -2.30. The second kappa shape index (κ2) is 4.04. The van der Waals surface area contributed by atoms with Crippen molar-refractivity contribution in [1.29, 1.82) is 0 Å². The minimum Gasteiger partial charge on any atom is -0.493 e. The topological polar surface area (TPSA) is 55.5 Å². The number of halogens is 1. The molecule has 1 aliphatic rings. The summed E-state index contributed by atoms with van der Waals surface area (Å²) in [5, 5.41) is 10.0. The SMILES string of the molecule is NCC1COc2cccc(I)c2C1O. The van der Waals surface area contributed by atoms with E-state index in [9.17, 15) is 5.11 Å². The molecule has 2 unspecified atom stereocenters. The number of aliphatic hydroxyl groups is 1. The molecule has 1 aromatic rings. The van der Waals surface area contributed by atoms with Gasteiger partial charge in [0, 0.05) is 21.6 Å². The Kier molecular flexibility index (Phi) is 2.94. The maximum absolute atomic E-state index is 10.0. The number of ether oxygens (including phenoxy) is 1. The standard InChI is InChI=1S/C10H12INO2/c11-7-2-1-3-8-9(7)10(13)6(4-12)5-14-8/h1-3,6,10,13H,4-5,12H2. The third kappa shape index (κ3) is 1.62. The van der Waals surface area contributed by atoms with E-state index in [0.29, 0.717) is 13.2 Å². The van der Waals surface area contributed by atoms with Gasteiger partial charge in [0.25, 0.3) is 0 Å². The van der Waals surface area contributed by atoms with E-state index in [0.717, 1.165) is 14.9 Å². The molecule has 4 heteroatoms. The van der Waals surface area contributed by atoms with Gasteiger partial charge in [-0.2, -0.15) is 0 Å². The molecule has 0 bridgehead atoms. The van der Waals surface area contributed by atoms with Crippen LogP contribution in [0.15, 0.2) is 18.2 Å². The predicted molar refractivity (Wildman–Crippen MR) is 62.2 cm³/mol. The van der Waals surface area contributed by atoms with Gasteiger partial charge in [-0.15, -0.1) is 0 Å². The Balaban J connectivity index is 2.43. The zero-order chi connectivity index (χ0) is 10.1. The molecule has 0 saturated carbocycles. The van der Waals surface area contributed by atoms with E-state index in [1.807, 2.05) is 18.2 Å². The number of benzene rings is 1. The average molecular weight is 305 g/mol. The van der Waals surface area contributed by atoms with Crippen LogP contribution in [0.2, 0.25) is 0 Å². The third-order valence-electron chi connectivity index (χ3n) is 2.51.